The molecule has 0 aromatic rings. The summed E-state index contributed by atoms with van der Waals surface area (Å²) in [4.78, 5) is 0. The van der Waals surface area contributed by atoms with Crippen molar-refractivity contribution in [2.45, 2.75) is 122 Å². The van der Waals surface area contributed by atoms with Gasteiger partial charge in [0.1, 0.15) is 0 Å². The van der Waals surface area contributed by atoms with Crippen LogP contribution in [0.3, 0.4) is 0 Å². The van der Waals surface area contributed by atoms with E-state index in [0.29, 0.717) is 0 Å². The molecule has 4 N–H and O–H groups in total. The largest absolute Gasteiger partial charge is 0.325 e. The average molecular weight is 299 g/mol. The van der Waals surface area contributed by atoms with Crippen molar-refractivity contribution in [2.75, 3.05) is 0 Å². The van der Waals surface area contributed by atoms with Crippen LogP contribution in [-0.2, 0) is 0 Å². The fourth-order valence-electron chi connectivity index (χ4n) is 3.42. The second kappa shape index (κ2) is 11.5. The normalized spacial score (nSPS) is 12.9. The summed E-state index contributed by atoms with van der Waals surface area (Å²) in [7, 11) is 0. The van der Waals surface area contributed by atoms with E-state index in [1.807, 2.05) is 0 Å². The van der Waals surface area contributed by atoms with Crippen LogP contribution in [0.1, 0.15) is 111 Å². The number of nitrogens with two attached hydrogens (primary N) is 2. The van der Waals surface area contributed by atoms with Gasteiger partial charge in [-0.1, -0.05) is 79.1 Å². The van der Waals surface area contributed by atoms with Crippen molar-refractivity contribution < 1.29 is 0 Å². The van der Waals surface area contributed by atoms with Crippen LogP contribution in [0.4, 0.5) is 0 Å². The van der Waals surface area contributed by atoms with Gasteiger partial charge in [-0.2, -0.15) is 0 Å². The SMILES string of the molecule is CCCCC(N)(CCCC)CC(N)(CCCC)CCCC. The van der Waals surface area contributed by atoms with Crippen LogP contribution in [0.5, 0.6) is 0 Å². The Kier molecular flexibility index (Phi) is 11.4. The third-order valence-corrected chi connectivity index (χ3v) is 4.82. The monoisotopic (exact) mass is 298 g/mol. The topological polar surface area (TPSA) is 52.0 Å². The molecule has 0 aliphatic carbocycles. The fourth-order valence-corrected chi connectivity index (χ4v) is 3.42. The van der Waals surface area contributed by atoms with E-state index in [2.05, 4.69) is 27.7 Å². The van der Waals surface area contributed by atoms with Crippen LogP contribution < -0.4 is 11.5 Å². The predicted molar refractivity (Wildman–Crippen MR) is 96.6 cm³/mol. The molecule has 0 radical (unpaired) electrons. The Morgan fingerprint density at radius 3 is 0.952 bits per heavy atom. The van der Waals surface area contributed by atoms with Crippen LogP contribution >= 0.6 is 0 Å². The van der Waals surface area contributed by atoms with E-state index in [0.717, 1.165) is 32.1 Å². The Morgan fingerprint density at radius 1 is 0.524 bits per heavy atom. The molecule has 0 aliphatic heterocycles. The summed E-state index contributed by atoms with van der Waals surface area (Å²) in [6.45, 7) is 9.02. The Balaban J connectivity index is 4.80. The number of hydrogen-bond donors (Lipinski definition) is 2. The summed E-state index contributed by atoms with van der Waals surface area (Å²) in [6.07, 6.45) is 15.4. The van der Waals surface area contributed by atoms with Crippen molar-refractivity contribution in [2.24, 2.45) is 11.5 Å². The molecule has 0 saturated carbocycles. The lowest BCUT2D eigenvalue weighted by Gasteiger charge is -2.40. The zero-order valence-electron chi connectivity index (χ0n) is 15.3. The van der Waals surface area contributed by atoms with Crippen molar-refractivity contribution in [3.63, 3.8) is 0 Å². The van der Waals surface area contributed by atoms with Gasteiger partial charge in [-0.15, -0.1) is 0 Å². The molecule has 0 aromatic heterocycles. The van der Waals surface area contributed by atoms with Crippen LogP contribution in [0.15, 0.2) is 0 Å². The summed E-state index contributed by atoms with van der Waals surface area (Å²) in [5, 5.41) is 0. The minimum Gasteiger partial charge on any atom is -0.325 e. The summed E-state index contributed by atoms with van der Waals surface area (Å²) in [6, 6.07) is 0. The van der Waals surface area contributed by atoms with Crippen molar-refractivity contribution in [1.82, 2.24) is 0 Å². The van der Waals surface area contributed by atoms with Crippen LogP contribution in [0.2, 0.25) is 0 Å². The first-order valence-electron chi connectivity index (χ1n) is 9.53. The molecule has 0 saturated heterocycles. The maximum atomic E-state index is 6.82. The Labute approximate surface area is 134 Å². The summed E-state index contributed by atoms with van der Waals surface area (Å²) >= 11 is 0. The number of hydrogen-bond acceptors (Lipinski definition) is 2. The van der Waals surface area contributed by atoms with E-state index in [4.69, 9.17) is 11.5 Å². The number of rotatable bonds is 14. The third kappa shape index (κ3) is 9.52. The van der Waals surface area contributed by atoms with Gasteiger partial charge in [0.15, 0.2) is 0 Å². The minimum atomic E-state index is -0.0394. The first kappa shape index (κ1) is 20.9. The van der Waals surface area contributed by atoms with E-state index >= 15 is 0 Å². The Bertz CT molecular complexity index is 198. The molecule has 0 aliphatic rings. The van der Waals surface area contributed by atoms with Crippen molar-refractivity contribution in [3.05, 3.63) is 0 Å². The highest BCUT2D eigenvalue weighted by atomic mass is 14.8. The third-order valence-electron chi connectivity index (χ3n) is 4.82. The average Bonchev–Trinajstić information content (AvgIpc) is 2.47. The van der Waals surface area contributed by atoms with Crippen LogP contribution in [0, 0.1) is 0 Å². The summed E-state index contributed by atoms with van der Waals surface area (Å²) < 4.78 is 0. The van der Waals surface area contributed by atoms with Gasteiger partial charge < -0.3 is 11.5 Å². The van der Waals surface area contributed by atoms with Gasteiger partial charge in [-0.3, -0.25) is 0 Å². The lowest BCUT2D eigenvalue weighted by Crippen LogP contribution is -2.52. The molecular formula is C19H42N2. The van der Waals surface area contributed by atoms with Crippen molar-refractivity contribution >= 4 is 0 Å². The predicted octanol–water partition coefficient (Wildman–Crippen LogP) is 5.53. The zero-order valence-corrected chi connectivity index (χ0v) is 15.3. The lowest BCUT2D eigenvalue weighted by molar-refractivity contribution is 0.212. The van der Waals surface area contributed by atoms with Gasteiger partial charge in [-0.05, 0) is 32.1 Å². The molecule has 0 aromatic carbocycles. The molecule has 0 amide bonds. The molecule has 0 unspecified atom stereocenters. The Morgan fingerprint density at radius 2 is 0.762 bits per heavy atom. The molecule has 2 heteroatoms. The molecule has 0 heterocycles. The van der Waals surface area contributed by atoms with E-state index in [1.165, 1.54) is 51.4 Å². The van der Waals surface area contributed by atoms with E-state index < -0.39 is 0 Å². The molecule has 0 atom stereocenters. The maximum Gasteiger partial charge on any atom is 0.0171 e. The van der Waals surface area contributed by atoms with E-state index in [-0.39, 0.29) is 11.1 Å². The highest BCUT2D eigenvalue weighted by Gasteiger charge is 2.34. The first-order valence-corrected chi connectivity index (χ1v) is 9.53. The molecule has 0 fully saturated rings. The van der Waals surface area contributed by atoms with Crippen molar-refractivity contribution in [3.8, 4) is 0 Å². The minimum absolute atomic E-state index is 0.0394. The quantitative estimate of drug-likeness (QED) is 0.443. The van der Waals surface area contributed by atoms with Gasteiger partial charge in [-0.25, -0.2) is 0 Å². The standard InChI is InChI=1S/C19H42N2/c1-5-9-13-18(20,14-10-6-2)17-19(21,15-11-7-3)16-12-8-4/h5-17,20-21H2,1-4H3. The van der Waals surface area contributed by atoms with Gasteiger partial charge >= 0.3 is 0 Å². The molecule has 0 bridgehead atoms. The summed E-state index contributed by atoms with van der Waals surface area (Å²) in [5.41, 5.74) is 13.6. The highest BCUT2D eigenvalue weighted by molar-refractivity contribution is 4.96. The first-order chi connectivity index (χ1) is 9.95. The van der Waals surface area contributed by atoms with Gasteiger partial charge in [0.2, 0.25) is 0 Å². The number of unbranched alkanes of at least 4 members (excludes halogenated alkanes) is 4. The molecule has 2 nitrogen and oxygen atoms in total. The molecule has 21 heavy (non-hydrogen) atoms. The molecule has 128 valence electrons. The van der Waals surface area contributed by atoms with Gasteiger partial charge in [0.05, 0.1) is 0 Å². The lowest BCUT2D eigenvalue weighted by atomic mass is 9.73. The second-order valence-corrected chi connectivity index (χ2v) is 7.32. The molecule has 0 rings (SSSR count). The van der Waals surface area contributed by atoms with Gasteiger partial charge in [0.25, 0.3) is 0 Å². The van der Waals surface area contributed by atoms with Crippen LogP contribution in [0.25, 0.3) is 0 Å². The van der Waals surface area contributed by atoms with E-state index in [1.54, 1.807) is 0 Å². The molecule has 0 spiro atoms. The van der Waals surface area contributed by atoms with E-state index in [9.17, 15) is 0 Å². The zero-order chi connectivity index (χ0) is 16.2. The fraction of sp³-hybridized carbons (Fsp3) is 1.00. The highest BCUT2D eigenvalue weighted by Crippen LogP contribution is 2.33. The molecular weight excluding hydrogens is 256 g/mol. The van der Waals surface area contributed by atoms with Crippen LogP contribution in [-0.4, -0.2) is 11.1 Å². The van der Waals surface area contributed by atoms with Gasteiger partial charge in [0, 0.05) is 11.1 Å². The Hall–Kier alpha value is -0.0800. The van der Waals surface area contributed by atoms with Crippen molar-refractivity contribution in [1.29, 1.82) is 0 Å². The smallest absolute Gasteiger partial charge is 0.0171 e. The second-order valence-electron chi connectivity index (χ2n) is 7.32. The summed E-state index contributed by atoms with van der Waals surface area (Å²) in [5.74, 6) is 0. The maximum absolute atomic E-state index is 6.82.